The molecule has 104 valence electrons. The Kier molecular flexibility index (Phi) is 4.03. The maximum atomic E-state index is 11.7. The maximum absolute atomic E-state index is 11.7. The number of carbonyl (C=O) groups is 2. The summed E-state index contributed by atoms with van der Waals surface area (Å²) in [6, 6.07) is -0.625. The molecular weight excluding hydrogens is 248 g/mol. The van der Waals surface area contributed by atoms with Gasteiger partial charge in [-0.25, -0.2) is 9.78 Å². The van der Waals surface area contributed by atoms with Crippen molar-refractivity contribution >= 4 is 12.0 Å². The highest BCUT2D eigenvalue weighted by Gasteiger charge is 2.33. The lowest BCUT2D eigenvalue weighted by atomic mass is 10.1. The summed E-state index contributed by atoms with van der Waals surface area (Å²) >= 11 is 0. The molecule has 1 unspecified atom stereocenters. The molecule has 0 saturated heterocycles. The number of carboxylic acids is 1. The summed E-state index contributed by atoms with van der Waals surface area (Å²) in [6.45, 7) is 0.319. The molecule has 0 spiro atoms. The highest BCUT2D eigenvalue weighted by Crippen LogP contribution is 2.33. The molecule has 1 saturated carbocycles. The van der Waals surface area contributed by atoms with E-state index in [0.717, 1.165) is 18.7 Å². The molecule has 1 aromatic heterocycles. The Hall–Kier alpha value is -2.05. The van der Waals surface area contributed by atoms with Crippen LogP contribution in [-0.2, 0) is 18.4 Å². The van der Waals surface area contributed by atoms with Crippen molar-refractivity contribution in [3.63, 3.8) is 0 Å². The van der Waals surface area contributed by atoms with Crippen molar-refractivity contribution in [2.75, 3.05) is 0 Å². The molecule has 1 aromatic rings. The van der Waals surface area contributed by atoms with Crippen LogP contribution in [-0.4, -0.2) is 32.7 Å². The first-order valence-electron chi connectivity index (χ1n) is 6.28. The quantitative estimate of drug-likeness (QED) is 0.697. The summed E-state index contributed by atoms with van der Waals surface area (Å²) in [5, 5.41) is 14.2. The average Bonchev–Trinajstić information content (AvgIpc) is 3.10. The van der Waals surface area contributed by atoms with E-state index in [1.54, 1.807) is 12.4 Å². The first-order valence-corrected chi connectivity index (χ1v) is 6.28. The minimum absolute atomic E-state index is 0.0273. The smallest absolute Gasteiger partial charge is 0.315 e. The minimum Gasteiger partial charge on any atom is -0.481 e. The van der Waals surface area contributed by atoms with Gasteiger partial charge in [-0.1, -0.05) is 0 Å². The lowest BCUT2D eigenvalue weighted by Crippen LogP contribution is -2.44. The second-order valence-electron chi connectivity index (χ2n) is 4.82. The molecule has 2 amide bonds. The number of nitrogens with zero attached hydrogens (tertiary/aromatic N) is 2. The molecule has 3 N–H and O–H groups in total. The lowest BCUT2D eigenvalue weighted by Gasteiger charge is -2.16. The summed E-state index contributed by atoms with van der Waals surface area (Å²) in [6.07, 6.45) is 5.40. The number of carbonyl (C=O) groups excluding carboxylic acids is 1. The molecule has 1 aliphatic rings. The van der Waals surface area contributed by atoms with Crippen molar-refractivity contribution in [3.8, 4) is 0 Å². The standard InChI is InChI=1S/C12H18N4O3/c1-16-5-4-13-10(16)7-14-12(19)15-9(6-11(17)18)8-2-3-8/h4-5,8-9H,2-3,6-7H2,1H3,(H,17,18)(H2,14,15,19). The van der Waals surface area contributed by atoms with E-state index in [-0.39, 0.29) is 18.5 Å². The zero-order valence-corrected chi connectivity index (χ0v) is 10.8. The molecule has 0 radical (unpaired) electrons. The molecule has 7 heteroatoms. The van der Waals surface area contributed by atoms with Crippen LogP contribution in [0.3, 0.4) is 0 Å². The van der Waals surface area contributed by atoms with E-state index in [9.17, 15) is 9.59 Å². The van der Waals surface area contributed by atoms with Gasteiger partial charge >= 0.3 is 12.0 Å². The van der Waals surface area contributed by atoms with E-state index in [1.807, 2.05) is 11.6 Å². The van der Waals surface area contributed by atoms with Gasteiger partial charge < -0.3 is 20.3 Å². The van der Waals surface area contributed by atoms with Crippen molar-refractivity contribution in [1.29, 1.82) is 0 Å². The Labute approximate surface area is 111 Å². The van der Waals surface area contributed by atoms with Gasteiger partial charge in [0.2, 0.25) is 0 Å². The molecule has 0 aromatic carbocycles. The molecular formula is C12H18N4O3. The Balaban J connectivity index is 1.79. The molecule has 0 aliphatic heterocycles. The molecule has 1 heterocycles. The average molecular weight is 266 g/mol. The van der Waals surface area contributed by atoms with Crippen LogP contribution in [0.1, 0.15) is 25.1 Å². The van der Waals surface area contributed by atoms with Crippen LogP contribution < -0.4 is 10.6 Å². The van der Waals surface area contributed by atoms with E-state index in [4.69, 9.17) is 5.11 Å². The Morgan fingerprint density at radius 3 is 2.84 bits per heavy atom. The topological polar surface area (TPSA) is 96.3 Å². The van der Waals surface area contributed by atoms with Crippen LogP contribution in [0.2, 0.25) is 0 Å². The number of hydrogen-bond donors (Lipinski definition) is 3. The summed E-state index contributed by atoms with van der Waals surface area (Å²) in [5.41, 5.74) is 0. The van der Waals surface area contributed by atoms with Gasteiger partial charge in [0, 0.05) is 25.5 Å². The third-order valence-corrected chi connectivity index (χ3v) is 3.23. The van der Waals surface area contributed by atoms with E-state index in [1.165, 1.54) is 0 Å². The SMILES string of the molecule is Cn1ccnc1CNC(=O)NC(CC(=O)O)C1CC1. The number of urea groups is 1. The predicted octanol–water partition coefficient (Wildman–Crippen LogP) is 0.473. The van der Waals surface area contributed by atoms with Crippen LogP contribution in [0.25, 0.3) is 0 Å². The summed E-state index contributed by atoms with van der Waals surface area (Å²) < 4.78 is 1.82. The van der Waals surface area contributed by atoms with Gasteiger partial charge in [0.15, 0.2) is 0 Å². The first kappa shape index (κ1) is 13.4. The second kappa shape index (κ2) is 5.73. The van der Waals surface area contributed by atoms with Gasteiger partial charge in [0.25, 0.3) is 0 Å². The van der Waals surface area contributed by atoms with E-state index < -0.39 is 5.97 Å². The van der Waals surface area contributed by atoms with Crippen molar-refractivity contribution in [2.24, 2.45) is 13.0 Å². The van der Waals surface area contributed by atoms with Crippen molar-refractivity contribution in [1.82, 2.24) is 20.2 Å². The van der Waals surface area contributed by atoms with Gasteiger partial charge in [0.05, 0.1) is 13.0 Å². The number of aryl methyl sites for hydroxylation is 1. The van der Waals surface area contributed by atoms with Crippen molar-refractivity contribution in [2.45, 2.75) is 31.8 Å². The molecule has 2 rings (SSSR count). The molecule has 0 bridgehead atoms. The number of carboxylic acid groups (broad SMARTS) is 1. The Morgan fingerprint density at radius 2 is 2.32 bits per heavy atom. The fourth-order valence-corrected chi connectivity index (χ4v) is 1.97. The predicted molar refractivity (Wildman–Crippen MR) is 67.3 cm³/mol. The van der Waals surface area contributed by atoms with E-state index in [2.05, 4.69) is 15.6 Å². The van der Waals surface area contributed by atoms with Crippen LogP contribution >= 0.6 is 0 Å². The first-order chi connectivity index (χ1) is 9.06. The van der Waals surface area contributed by atoms with Crippen LogP contribution in [0.5, 0.6) is 0 Å². The van der Waals surface area contributed by atoms with Crippen LogP contribution in [0, 0.1) is 5.92 Å². The highest BCUT2D eigenvalue weighted by molar-refractivity contribution is 5.75. The van der Waals surface area contributed by atoms with Crippen LogP contribution in [0.15, 0.2) is 12.4 Å². The Bertz CT molecular complexity index is 467. The molecule has 1 aliphatic carbocycles. The molecule has 1 fully saturated rings. The fraction of sp³-hybridized carbons (Fsp3) is 0.583. The van der Waals surface area contributed by atoms with E-state index >= 15 is 0 Å². The van der Waals surface area contributed by atoms with Gasteiger partial charge in [-0.3, -0.25) is 4.79 Å². The number of aliphatic carboxylic acids is 1. The molecule has 1 atom stereocenters. The minimum atomic E-state index is -0.888. The third kappa shape index (κ3) is 3.97. The number of amides is 2. The number of rotatable bonds is 6. The Morgan fingerprint density at radius 1 is 1.58 bits per heavy atom. The summed E-state index contributed by atoms with van der Waals surface area (Å²) in [4.78, 5) is 26.5. The monoisotopic (exact) mass is 266 g/mol. The zero-order chi connectivity index (χ0) is 13.8. The maximum Gasteiger partial charge on any atom is 0.315 e. The summed E-state index contributed by atoms with van der Waals surface area (Å²) in [5.74, 6) is 0.160. The molecule has 7 nitrogen and oxygen atoms in total. The highest BCUT2D eigenvalue weighted by atomic mass is 16.4. The number of hydrogen-bond acceptors (Lipinski definition) is 3. The fourth-order valence-electron chi connectivity index (χ4n) is 1.97. The number of aromatic nitrogens is 2. The van der Waals surface area contributed by atoms with E-state index in [0.29, 0.717) is 12.5 Å². The normalized spacial score (nSPS) is 15.8. The molecule has 19 heavy (non-hydrogen) atoms. The lowest BCUT2D eigenvalue weighted by molar-refractivity contribution is -0.137. The van der Waals surface area contributed by atoms with Crippen molar-refractivity contribution in [3.05, 3.63) is 18.2 Å². The van der Waals surface area contributed by atoms with Gasteiger partial charge in [-0.05, 0) is 18.8 Å². The zero-order valence-electron chi connectivity index (χ0n) is 10.8. The third-order valence-electron chi connectivity index (χ3n) is 3.23. The number of imidazole rings is 1. The second-order valence-corrected chi connectivity index (χ2v) is 4.82. The van der Waals surface area contributed by atoms with Gasteiger partial charge in [-0.15, -0.1) is 0 Å². The van der Waals surface area contributed by atoms with Gasteiger partial charge in [-0.2, -0.15) is 0 Å². The summed E-state index contributed by atoms with van der Waals surface area (Å²) in [7, 11) is 1.85. The van der Waals surface area contributed by atoms with Gasteiger partial charge in [0.1, 0.15) is 5.82 Å². The van der Waals surface area contributed by atoms with Crippen molar-refractivity contribution < 1.29 is 14.7 Å². The van der Waals surface area contributed by atoms with Crippen LogP contribution in [0.4, 0.5) is 4.79 Å². The number of nitrogens with one attached hydrogen (secondary N) is 2. The largest absolute Gasteiger partial charge is 0.481 e.